The van der Waals surface area contributed by atoms with Gasteiger partial charge < -0.3 is 10.6 Å². The van der Waals surface area contributed by atoms with Crippen LogP contribution >= 0.6 is 11.5 Å². The van der Waals surface area contributed by atoms with E-state index in [1.54, 1.807) is 0 Å². The van der Waals surface area contributed by atoms with Crippen molar-refractivity contribution in [3.63, 3.8) is 0 Å². The van der Waals surface area contributed by atoms with Gasteiger partial charge in [0.25, 0.3) is 0 Å². The fourth-order valence-electron chi connectivity index (χ4n) is 1.71. The molecule has 0 radical (unpaired) electrons. The molecule has 0 fully saturated rings. The van der Waals surface area contributed by atoms with Gasteiger partial charge in [-0.2, -0.15) is 0 Å². The fraction of sp³-hybridized carbons (Fsp3) is 0.846. The van der Waals surface area contributed by atoms with Gasteiger partial charge in [-0.3, -0.25) is 0 Å². The van der Waals surface area contributed by atoms with Crippen LogP contribution in [0.1, 0.15) is 50.6 Å². The number of hydrogen-bond acceptors (Lipinski definition) is 5. The maximum absolute atomic E-state index is 4.18. The van der Waals surface area contributed by atoms with Crippen LogP contribution in [0.3, 0.4) is 0 Å². The molecule has 0 bridgehead atoms. The maximum Gasteiger partial charge on any atom is 0.0826 e. The van der Waals surface area contributed by atoms with Gasteiger partial charge in [0.05, 0.1) is 10.6 Å². The lowest BCUT2D eigenvalue weighted by Crippen LogP contribution is -2.24. The molecule has 0 amide bonds. The number of aromatic nitrogens is 2. The van der Waals surface area contributed by atoms with Crippen molar-refractivity contribution in [2.75, 3.05) is 19.6 Å². The minimum absolute atomic E-state index is 0.466. The molecule has 1 heterocycles. The second-order valence-corrected chi connectivity index (χ2v) is 6.20. The fourth-order valence-corrected chi connectivity index (χ4v) is 2.47. The monoisotopic (exact) mass is 270 g/mol. The van der Waals surface area contributed by atoms with Crippen LogP contribution in [-0.4, -0.2) is 29.2 Å². The highest BCUT2D eigenvalue weighted by molar-refractivity contribution is 7.05. The lowest BCUT2D eigenvalue weighted by Gasteiger charge is -2.08. The Morgan fingerprint density at radius 3 is 2.50 bits per heavy atom. The molecule has 0 aromatic carbocycles. The number of rotatable bonds is 9. The van der Waals surface area contributed by atoms with Crippen LogP contribution in [0.2, 0.25) is 0 Å². The summed E-state index contributed by atoms with van der Waals surface area (Å²) in [5, 5.41) is 11.1. The highest BCUT2D eigenvalue weighted by Gasteiger charge is 2.10. The lowest BCUT2D eigenvalue weighted by molar-refractivity contribution is 0.530. The van der Waals surface area contributed by atoms with E-state index < -0.39 is 0 Å². The molecule has 2 N–H and O–H groups in total. The molecule has 5 heteroatoms. The Labute approximate surface area is 115 Å². The minimum atomic E-state index is 0.466. The SMILES string of the molecule is CC(C)CNCCCNCc1snnc1C(C)C. The Hall–Kier alpha value is -0.520. The van der Waals surface area contributed by atoms with Crippen LogP contribution in [0.15, 0.2) is 0 Å². The van der Waals surface area contributed by atoms with Crippen molar-refractivity contribution in [1.82, 2.24) is 20.2 Å². The second-order valence-electron chi connectivity index (χ2n) is 5.36. The summed E-state index contributed by atoms with van der Waals surface area (Å²) in [6.45, 7) is 12.9. The minimum Gasteiger partial charge on any atom is -0.316 e. The molecule has 0 aliphatic heterocycles. The van der Waals surface area contributed by atoms with Gasteiger partial charge in [-0.25, -0.2) is 0 Å². The summed E-state index contributed by atoms with van der Waals surface area (Å²) in [7, 11) is 0. The van der Waals surface area contributed by atoms with Gasteiger partial charge in [-0.1, -0.05) is 32.2 Å². The van der Waals surface area contributed by atoms with Gasteiger partial charge in [0.1, 0.15) is 0 Å². The molecule has 0 aliphatic rings. The average molecular weight is 270 g/mol. The molecule has 1 rings (SSSR count). The van der Waals surface area contributed by atoms with Crippen LogP contribution in [0.25, 0.3) is 0 Å². The van der Waals surface area contributed by atoms with E-state index in [4.69, 9.17) is 0 Å². The molecule has 0 saturated heterocycles. The molecule has 0 saturated carbocycles. The number of nitrogens with one attached hydrogen (secondary N) is 2. The van der Waals surface area contributed by atoms with Crippen molar-refractivity contribution in [2.24, 2.45) is 5.92 Å². The summed E-state index contributed by atoms with van der Waals surface area (Å²) in [5.41, 5.74) is 1.14. The zero-order chi connectivity index (χ0) is 13.4. The van der Waals surface area contributed by atoms with Crippen molar-refractivity contribution in [3.05, 3.63) is 10.6 Å². The standard InChI is InChI=1S/C13H26N4S/c1-10(2)8-14-6-5-7-15-9-12-13(11(3)4)16-17-18-12/h10-11,14-15H,5-9H2,1-4H3. The summed E-state index contributed by atoms with van der Waals surface area (Å²) < 4.78 is 4.03. The normalized spacial score (nSPS) is 11.7. The molecule has 0 unspecified atom stereocenters. The smallest absolute Gasteiger partial charge is 0.0826 e. The molecular formula is C13H26N4S. The average Bonchev–Trinajstić information content (AvgIpc) is 2.75. The van der Waals surface area contributed by atoms with E-state index in [1.807, 2.05) is 0 Å². The summed E-state index contributed by atoms with van der Waals surface area (Å²) in [4.78, 5) is 1.28. The van der Waals surface area contributed by atoms with E-state index in [-0.39, 0.29) is 0 Å². The van der Waals surface area contributed by atoms with Crippen LogP contribution < -0.4 is 10.6 Å². The third-order valence-electron chi connectivity index (χ3n) is 2.68. The Kier molecular flexibility index (Phi) is 7.39. The van der Waals surface area contributed by atoms with Crippen molar-refractivity contribution >= 4 is 11.5 Å². The predicted octanol–water partition coefficient (Wildman–Crippen LogP) is 2.39. The summed E-state index contributed by atoms with van der Waals surface area (Å²) >= 11 is 1.51. The largest absolute Gasteiger partial charge is 0.316 e. The molecule has 18 heavy (non-hydrogen) atoms. The molecule has 0 spiro atoms. The van der Waals surface area contributed by atoms with Gasteiger partial charge in [0.15, 0.2) is 0 Å². The van der Waals surface area contributed by atoms with E-state index in [0.717, 1.165) is 44.2 Å². The molecular weight excluding hydrogens is 244 g/mol. The van der Waals surface area contributed by atoms with Crippen LogP contribution in [-0.2, 0) is 6.54 Å². The zero-order valence-electron chi connectivity index (χ0n) is 12.0. The first-order valence-corrected chi connectivity index (χ1v) is 7.61. The topological polar surface area (TPSA) is 49.8 Å². The summed E-state index contributed by atoms with van der Waals surface area (Å²) in [6, 6.07) is 0. The molecule has 104 valence electrons. The quantitative estimate of drug-likeness (QED) is 0.677. The summed E-state index contributed by atoms with van der Waals surface area (Å²) in [6.07, 6.45) is 1.16. The van der Waals surface area contributed by atoms with Crippen LogP contribution in [0.5, 0.6) is 0 Å². The Morgan fingerprint density at radius 2 is 1.83 bits per heavy atom. The number of hydrogen-bond donors (Lipinski definition) is 2. The van der Waals surface area contributed by atoms with Crippen molar-refractivity contribution in [3.8, 4) is 0 Å². The highest BCUT2D eigenvalue weighted by atomic mass is 32.1. The third kappa shape index (κ3) is 5.89. The van der Waals surface area contributed by atoms with Gasteiger partial charge in [-0.15, -0.1) is 5.10 Å². The van der Waals surface area contributed by atoms with E-state index in [2.05, 4.69) is 47.9 Å². The Morgan fingerprint density at radius 1 is 1.11 bits per heavy atom. The molecule has 0 atom stereocenters. The van der Waals surface area contributed by atoms with Gasteiger partial charge in [-0.05, 0) is 49.4 Å². The van der Waals surface area contributed by atoms with Crippen molar-refractivity contribution in [2.45, 2.75) is 46.6 Å². The van der Waals surface area contributed by atoms with Crippen molar-refractivity contribution < 1.29 is 0 Å². The van der Waals surface area contributed by atoms with Crippen LogP contribution in [0.4, 0.5) is 0 Å². The van der Waals surface area contributed by atoms with E-state index >= 15 is 0 Å². The van der Waals surface area contributed by atoms with Gasteiger partial charge >= 0.3 is 0 Å². The highest BCUT2D eigenvalue weighted by Crippen LogP contribution is 2.19. The first-order valence-electron chi connectivity index (χ1n) is 6.83. The molecule has 0 aliphatic carbocycles. The van der Waals surface area contributed by atoms with E-state index in [9.17, 15) is 0 Å². The second kappa shape index (κ2) is 8.56. The predicted molar refractivity (Wildman–Crippen MR) is 78.0 cm³/mol. The Balaban J connectivity index is 2.09. The van der Waals surface area contributed by atoms with Crippen LogP contribution in [0, 0.1) is 5.92 Å². The third-order valence-corrected chi connectivity index (χ3v) is 3.41. The first kappa shape index (κ1) is 15.5. The zero-order valence-corrected chi connectivity index (χ0v) is 12.8. The van der Waals surface area contributed by atoms with Gasteiger partial charge in [0.2, 0.25) is 0 Å². The Bertz CT molecular complexity index is 323. The molecule has 1 aromatic rings. The lowest BCUT2D eigenvalue weighted by atomic mass is 10.1. The molecule has 1 aromatic heterocycles. The first-order chi connectivity index (χ1) is 8.61. The van der Waals surface area contributed by atoms with Crippen molar-refractivity contribution in [1.29, 1.82) is 0 Å². The van der Waals surface area contributed by atoms with Gasteiger partial charge in [0, 0.05) is 6.54 Å². The van der Waals surface area contributed by atoms with E-state index in [1.165, 1.54) is 16.4 Å². The molecule has 4 nitrogen and oxygen atoms in total. The summed E-state index contributed by atoms with van der Waals surface area (Å²) in [5.74, 6) is 1.20. The maximum atomic E-state index is 4.18. The number of nitrogens with zero attached hydrogens (tertiary/aromatic N) is 2. The van der Waals surface area contributed by atoms with E-state index in [0.29, 0.717) is 5.92 Å².